The van der Waals surface area contributed by atoms with E-state index in [-0.39, 0.29) is 0 Å². The fraction of sp³-hybridized carbons (Fsp3) is 0.280. The largest absolute Gasteiger partial charge is 0.353 e. The molecule has 5 atom stereocenters. The summed E-state index contributed by atoms with van der Waals surface area (Å²) in [5, 5.41) is 4.43. The van der Waals surface area contributed by atoms with E-state index in [0.717, 1.165) is 0 Å². The van der Waals surface area contributed by atoms with Crippen molar-refractivity contribution in [2.75, 3.05) is 5.32 Å². The van der Waals surface area contributed by atoms with Crippen LogP contribution in [0.1, 0.15) is 36.8 Å². The number of thioether (sulfide) groups is 1. The minimum absolute atomic E-state index is 0.575. The van der Waals surface area contributed by atoms with Crippen LogP contribution in [0.3, 0.4) is 0 Å². The summed E-state index contributed by atoms with van der Waals surface area (Å²) in [6.45, 7) is 4.94. The average molecular weight is 402 g/mol. The van der Waals surface area contributed by atoms with Crippen LogP contribution in [0.5, 0.6) is 0 Å². The van der Waals surface area contributed by atoms with Crippen LogP contribution in [0.2, 0.25) is 0 Å². The van der Waals surface area contributed by atoms with E-state index >= 15 is 0 Å². The highest BCUT2D eigenvalue weighted by Gasteiger charge is 2.52. The molecule has 0 bridgehead atoms. The number of fused-ring (bicyclic) bond motifs is 5. The average Bonchev–Trinajstić information content (AvgIpc) is 3.21. The highest BCUT2D eigenvalue weighted by atomic mass is 32.2. The number of anilines is 2. The molecule has 3 aliphatic rings. The van der Waals surface area contributed by atoms with Gasteiger partial charge in [0.25, 0.3) is 0 Å². The quantitative estimate of drug-likeness (QED) is 0.354. The molecule has 1 saturated carbocycles. The van der Waals surface area contributed by atoms with Crippen LogP contribution in [-0.4, -0.2) is 5.25 Å². The third kappa shape index (κ3) is 2.36. The van der Waals surface area contributed by atoms with Gasteiger partial charge < -0.3 is 5.32 Å². The number of benzene rings is 3. The molecule has 2 aliphatic heterocycles. The lowest BCUT2D eigenvalue weighted by Crippen LogP contribution is -2.16. The van der Waals surface area contributed by atoms with Crippen molar-refractivity contribution >= 4 is 34.9 Å². The molecule has 140 valence electrons. The lowest BCUT2D eigenvalue weighted by molar-refractivity contribution is 0.401. The second kappa shape index (κ2) is 6.33. The smallest absolute Gasteiger partial charge is 0.0562 e. The van der Waals surface area contributed by atoms with Gasteiger partial charge in [-0.1, -0.05) is 68.1 Å². The molecule has 6 rings (SSSR count). The monoisotopic (exact) mass is 401 g/mol. The summed E-state index contributed by atoms with van der Waals surface area (Å²) < 4.78 is 0. The molecular weight excluding hydrogens is 378 g/mol. The molecule has 3 aromatic carbocycles. The normalized spacial score (nSPS) is 29.4. The van der Waals surface area contributed by atoms with E-state index in [1.54, 1.807) is 5.56 Å². The summed E-state index contributed by atoms with van der Waals surface area (Å²) in [6, 6.07) is 24.6. The van der Waals surface area contributed by atoms with Crippen LogP contribution in [0.25, 0.3) is 0 Å². The van der Waals surface area contributed by atoms with Gasteiger partial charge in [0, 0.05) is 31.8 Å². The summed E-state index contributed by atoms with van der Waals surface area (Å²) in [4.78, 5) is 4.18. The van der Waals surface area contributed by atoms with Crippen molar-refractivity contribution in [3.63, 3.8) is 0 Å². The number of nitrogens with one attached hydrogen (secondary N) is 1. The fourth-order valence-electron chi connectivity index (χ4n) is 5.51. The summed E-state index contributed by atoms with van der Waals surface area (Å²) in [7, 11) is 0. The van der Waals surface area contributed by atoms with E-state index in [9.17, 15) is 0 Å². The molecule has 0 spiro atoms. The van der Waals surface area contributed by atoms with Crippen molar-refractivity contribution in [1.29, 1.82) is 0 Å². The summed E-state index contributed by atoms with van der Waals surface area (Å²) >= 11 is 4.02. The molecule has 1 nitrogen and oxygen atoms in total. The van der Waals surface area contributed by atoms with Gasteiger partial charge in [-0.2, -0.15) is 0 Å². The summed E-state index contributed by atoms with van der Waals surface area (Å²) in [5.74, 6) is 2.61. The number of hydrogen-bond donors (Lipinski definition) is 1. The van der Waals surface area contributed by atoms with Gasteiger partial charge in [0.1, 0.15) is 0 Å². The van der Waals surface area contributed by atoms with Crippen molar-refractivity contribution in [3.8, 4) is 0 Å². The molecule has 1 aliphatic carbocycles. The maximum atomic E-state index is 3.79. The Morgan fingerprint density at radius 1 is 0.679 bits per heavy atom. The second-order valence-electron chi connectivity index (χ2n) is 8.33. The second-order valence-corrected chi connectivity index (χ2v) is 10.6. The Morgan fingerprint density at radius 3 is 2.18 bits per heavy atom. The molecule has 0 amide bonds. The Bertz CT molecular complexity index is 1080. The maximum absolute atomic E-state index is 3.79. The summed E-state index contributed by atoms with van der Waals surface area (Å²) in [5.41, 5.74) is 5.67. The van der Waals surface area contributed by atoms with Gasteiger partial charge >= 0.3 is 0 Å². The van der Waals surface area contributed by atoms with E-state index < -0.39 is 0 Å². The van der Waals surface area contributed by atoms with Crippen LogP contribution in [0, 0.1) is 11.8 Å². The Kier molecular flexibility index (Phi) is 3.86. The van der Waals surface area contributed by atoms with E-state index in [2.05, 4.69) is 97.7 Å². The third-order valence-electron chi connectivity index (χ3n) is 7.00. The number of para-hydroxylation sites is 2. The molecular formula is C25H23NS2. The van der Waals surface area contributed by atoms with Crippen LogP contribution in [0.4, 0.5) is 11.4 Å². The zero-order valence-electron chi connectivity index (χ0n) is 16.1. The maximum Gasteiger partial charge on any atom is 0.0562 e. The Morgan fingerprint density at radius 2 is 1.32 bits per heavy atom. The number of hydrogen-bond acceptors (Lipinski definition) is 3. The van der Waals surface area contributed by atoms with Crippen molar-refractivity contribution in [1.82, 2.24) is 0 Å². The van der Waals surface area contributed by atoms with Gasteiger partial charge in [0.2, 0.25) is 0 Å². The molecule has 1 N–H and O–H groups in total. The first-order chi connectivity index (χ1) is 13.7. The number of rotatable bonds is 1. The van der Waals surface area contributed by atoms with Gasteiger partial charge in [-0.15, -0.1) is 11.8 Å². The first-order valence-electron chi connectivity index (χ1n) is 10.1. The molecule has 2 heterocycles. The molecule has 0 radical (unpaired) electrons. The summed E-state index contributed by atoms with van der Waals surface area (Å²) in [6.07, 6.45) is 0. The van der Waals surface area contributed by atoms with Crippen molar-refractivity contribution < 1.29 is 0 Å². The first kappa shape index (κ1) is 17.1. The predicted molar refractivity (Wildman–Crippen MR) is 120 cm³/mol. The predicted octanol–water partition coefficient (Wildman–Crippen LogP) is 7.52. The highest BCUT2D eigenvalue weighted by molar-refractivity contribution is 8.00. The fourth-order valence-corrected chi connectivity index (χ4v) is 8.41. The van der Waals surface area contributed by atoms with Crippen LogP contribution in [-0.2, 0) is 0 Å². The van der Waals surface area contributed by atoms with Gasteiger partial charge in [0.05, 0.1) is 11.4 Å². The first-order valence-corrected chi connectivity index (χ1v) is 11.8. The van der Waals surface area contributed by atoms with Crippen molar-refractivity contribution in [3.05, 3.63) is 77.9 Å². The SMILES string of the molecule is CC1C(C)C(c2cccc3c2Nc2ccccc2S3)C2Sc3ccccc3C12. The Labute approximate surface area is 175 Å². The Balaban J connectivity index is 1.45. The van der Waals surface area contributed by atoms with E-state index in [1.807, 2.05) is 11.8 Å². The van der Waals surface area contributed by atoms with Gasteiger partial charge in [-0.05, 0) is 47.2 Å². The van der Waals surface area contributed by atoms with E-state index in [4.69, 9.17) is 0 Å². The highest BCUT2D eigenvalue weighted by Crippen LogP contribution is 2.64. The third-order valence-corrected chi connectivity index (χ3v) is 9.62. The molecule has 3 aromatic rings. The molecule has 5 unspecified atom stereocenters. The molecule has 28 heavy (non-hydrogen) atoms. The molecule has 0 saturated heterocycles. The standard InChI is InChI=1S/C25H23NS2/c1-14-15(2)23(25-22(14)16-8-3-5-11-19(16)28-25)17-9-7-13-21-24(17)26-18-10-4-6-12-20(18)27-21/h3-15,22-23,25-26H,1-2H3. The van der Waals surface area contributed by atoms with Gasteiger partial charge in [-0.3, -0.25) is 0 Å². The van der Waals surface area contributed by atoms with Gasteiger partial charge in [-0.25, -0.2) is 0 Å². The topological polar surface area (TPSA) is 12.0 Å². The molecule has 0 aromatic heterocycles. The van der Waals surface area contributed by atoms with E-state index in [0.29, 0.717) is 28.9 Å². The zero-order valence-corrected chi connectivity index (χ0v) is 17.7. The van der Waals surface area contributed by atoms with Crippen molar-refractivity contribution in [2.45, 2.75) is 45.6 Å². The van der Waals surface area contributed by atoms with Crippen LogP contribution in [0.15, 0.2) is 81.4 Å². The molecule has 1 fully saturated rings. The lowest BCUT2D eigenvalue weighted by Gasteiger charge is -2.29. The molecule has 3 heteroatoms. The van der Waals surface area contributed by atoms with Gasteiger partial charge in [0.15, 0.2) is 0 Å². The zero-order chi connectivity index (χ0) is 18.8. The Hall–Kier alpha value is -1.84. The lowest BCUT2D eigenvalue weighted by atomic mass is 9.85. The van der Waals surface area contributed by atoms with Crippen LogP contribution < -0.4 is 5.32 Å². The van der Waals surface area contributed by atoms with Crippen molar-refractivity contribution in [2.24, 2.45) is 11.8 Å². The minimum atomic E-state index is 0.575. The van der Waals surface area contributed by atoms with E-state index in [1.165, 1.54) is 31.6 Å². The minimum Gasteiger partial charge on any atom is -0.353 e. The van der Waals surface area contributed by atoms with Crippen LogP contribution >= 0.6 is 23.5 Å².